The number of anilines is 1. The van der Waals surface area contributed by atoms with E-state index in [1.807, 2.05) is 6.07 Å². The average molecular weight is 330 g/mol. The molecule has 8 nitrogen and oxygen atoms in total. The highest BCUT2D eigenvalue weighted by atomic mass is 16.5. The largest absolute Gasteiger partial charge is 0.508 e. The summed E-state index contributed by atoms with van der Waals surface area (Å²) >= 11 is 0. The number of hydrogen-bond donors (Lipinski definition) is 2. The molecule has 0 amide bonds. The fraction of sp³-hybridized carbons (Fsp3) is 0.312. The Morgan fingerprint density at radius 1 is 1.46 bits per heavy atom. The second-order valence-corrected chi connectivity index (χ2v) is 5.20. The van der Waals surface area contributed by atoms with Crippen molar-refractivity contribution in [2.75, 3.05) is 25.6 Å². The number of benzene rings is 1. The van der Waals surface area contributed by atoms with Gasteiger partial charge in [-0.25, -0.2) is 9.48 Å². The Balaban J connectivity index is 2.17. The Hall–Kier alpha value is -2.87. The van der Waals surface area contributed by atoms with Crippen molar-refractivity contribution in [2.45, 2.75) is 13.0 Å². The molecule has 1 aromatic heterocycles. The van der Waals surface area contributed by atoms with Gasteiger partial charge < -0.3 is 19.9 Å². The lowest BCUT2D eigenvalue weighted by Crippen LogP contribution is -2.31. The molecule has 8 heteroatoms. The maximum Gasteiger partial charge on any atom is 0.338 e. The molecule has 126 valence electrons. The van der Waals surface area contributed by atoms with E-state index in [2.05, 4.69) is 15.4 Å². The Bertz CT molecular complexity index is 784. The molecule has 1 atom stereocenters. The predicted molar refractivity (Wildman–Crippen MR) is 85.4 cm³/mol. The van der Waals surface area contributed by atoms with Crippen LogP contribution in [0.4, 0.5) is 5.95 Å². The number of hydrogen-bond acceptors (Lipinski definition) is 7. The third-order valence-corrected chi connectivity index (χ3v) is 3.65. The maximum atomic E-state index is 12.6. The number of phenolic OH excluding ortho intramolecular Hbond substituents is 1. The molecule has 1 aliphatic heterocycles. The summed E-state index contributed by atoms with van der Waals surface area (Å²) in [5.74, 6) is 0.124. The van der Waals surface area contributed by atoms with E-state index < -0.39 is 12.0 Å². The van der Waals surface area contributed by atoms with Crippen molar-refractivity contribution in [1.29, 1.82) is 0 Å². The first-order valence-electron chi connectivity index (χ1n) is 7.50. The zero-order valence-electron chi connectivity index (χ0n) is 13.4. The number of nitrogens with zero attached hydrogens (tertiary/aromatic N) is 3. The number of carbonyl (C=O) groups is 1. The molecule has 1 unspecified atom stereocenters. The lowest BCUT2D eigenvalue weighted by Gasteiger charge is -2.29. The molecule has 0 saturated carbocycles. The van der Waals surface area contributed by atoms with Crippen molar-refractivity contribution < 1.29 is 19.4 Å². The van der Waals surface area contributed by atoms with E-state index in [-0.39, 0.29) is 19.0 Å². The van der Waals surface area contributed by atoms with Crippen molar-refractivity contribution in [1.82, 2.24) is 14.8 Å². The zero-order chi connectivity index (χ0) is 17.1. The smallest absolute Gasteiger partial charge is 0.338 e. The number of fused-ring (bicyclic) bond motifs is 1. The van der Waals surface area contributed by atoms with Crippen LogP contribution in [0.3, 0.4) is 0 Å². The van der Waals surface area contributed by atoms with E-state index in [1.165, 1.54) is 6.33 Å². The van der Waals surface area contributed by atoms with Gasteiger partial charge in [0, 0.05) is 7.11 Å². The topological polar surface area (TPSA) is 98.5 Å². The van der Waals surface area contributed by atoms with E-state index in [4.69, 9.17) is 9.47 Å². The first kappa shape index (κ1) is 16.0. The normalized spacial score (nSPS) is 16.5. The van der Waals surface area contributed by atoms with Gasteiger partial charge in [0.05, 0.1) is 24.5 Å². The summed E-state index contributed by atoms with van der Waals surface area (Å²) in [4.78, 5) is 16.7. The van der Waals surface area contributed by atoms with Gasteiger partial charge in [0.25, 0.3) is 0 Å². The summed E-state index contributed by atoms with van der Waals surface area (Å²) in [6, 6.07) is 6.11. The SMILES string of the molecule is CCOC(=O)C1=C(COC)Nc2ncnn2C1c1cccc(O)c1. The van der Waals surface area contributed by atoms with Crippen molar-refractivity contribution in [2.24, 2.45) is 0 Å². The molecule has 0 bridgehead atoms. The summed E-state index contributed by atoms with van der Waals surface area (Å²) in [6.07, 6.45) is 1.40. The fourth-order valence-corrected chi connectivity index (χ4v) is 2.72. The Morgan fingerprint density at radius 2 is 2.29 bits per heavy atom. The van der Waals surface area contributed by atoms with Gasteiger partial charge in [0.15, 0.2) is 0 Å². The predicted octanol–water partition coefficient (Wildman–Crippen LogP) is 1.46. The number of aromatic nitrogens is 3. The summed E-state index contributed by atoms with van der Waals surface area (Å²) in [5, 5.41) is 17.1. The molecule has 0 spiro atoms. The highest BCUT2D eigenvalue weighted by molar-refractivity contribution is 5.92. The monoisotopic (exact) mass is 330 g/mol. The number of phenols is 1. The lowest BCUT2D eigenvalue weighted by molar-refractivity contribution is -0.139. The van der Waals surface area contributed by atoms with Crippen molar-refractivity contribution >= 4 is 11.9 Å². The molecule has 2 N–H and O–H groups in total. The van der Waals surface area contributed by atoms with E-state index in [0.29, 0.717) is 22.8 Å². The third-order valence-electron chi connectivity index (χ3n) is 3.65. The minimum Gasteiger partial charge on any atom is -0.508 e. The van der Waals surface area contributed by atoms with Gasteiger partial charge in [-0.2, -0.15) is 10.1 Å². The minimum atomic E-state index is -0.569. The molecule has 24 heavy (non-hydrogen) atoms. The molecule has 0 radical (unpaired) electrons. The van der Waals surface area contributed by atoms with E-state index in [0.717, 1.165) is 0 Å². The first-order chi connectivity index (χ1) is 11.7. The van der Waals surface area contributed by atoms with Crippen LogP contribution in [0.1, 0.15) is 18.5 Å². The Kier molecular flexibility index (Phi) is 4.48. The van der Waals surface area contributed by atoms with Crippen molar-refractivity contribution in [3.05, 3.63) is 47.4 Å². The van der Waals surface area contributed by atoms with Gasteiger partial charge in [-0.15, -0.1) is 0 Å². The maximum absolute atomic E-state index is 12.6. The van der Waals surface area contributed by atoms with Crippen molar-refractivity contribution in [3.63, 3.8) is 0 Å². The molecule has 1 aromatic carbocycles. The highest BCUT2D eigenvalue weighted by Crippen LogP contribution is 2.36. The zero-order valence-corrected chi connectivity index (χ0v) is 13.4. The van der Waals surface area contributed by atoms with Gasteiger partial charge in [-0.05, 0) is 24.6 Å². The van der Waals surface area contributed by atoms with Crippen LogP contribution in [-0.4, -0.2) is 46.2 Å². The van der Waals surface area contributed by atoms with Gasteiger partial charge in [-0.1, -0.05) is 12.1 Å². The molecule has 3 rings (SSSR count). The van der Waals surface area contributed by atoms with Crippen LogP contribution < -0.4 is 5.32 Å². The number of carbonyl (C=O) groups excluding carboxylic acids is 1. The van der Waals surface area contributed by atoms with Crippen LogP contribution in [0.25, 0.3) is 0 Å². The van der Waals surface area contributed by atoms with E-state index in [9.17, 15) is 9.90 Å². The van der Waals surface area contributed by atoms with Crippen molar-refractivity contribution in [3.8, 4) is 5.75 Å². The molecule has 0 fully saturated rings. The number of methoxy groups -OCH3 is 1. The van der Waals surface area contributed by atoms with Gasteiger partial charge in [0.2, 0.25) is 5.95 Å². The molecule has 0 saturated heterocycles. The summed E-state index contributed by atoms with van der Waals surface area (Å²) in [5.41, 5.74) is 1.63. The number of aromatic hydroxyl groups is 1. The minimum absolute atomic E-state index is 0.101. The van der Waals surface area contributed by atoms with Crippen LogP contribution in [0.5, 0.6) is 5.75 Å². The lowest BCUT2D eigenvalue weighted by atomic mass is 9.95. The quantitative estimate of drug-likeness (QED) is 0.801. The highest BCUT2D eigenvalue weighted by Gasteiger charge is 2.35. The Labute approximate surface area is 138 Å². The van der Waals surface area contributed by atoms with Crippen LogP contribution >= 0.6 is 0 Å². The molecular formula is C16H18N4O4. The second kappa shape index (κ2) is 6.71. The van der Waals surface area contributed by atoms with Crippen LogP contribution in [0.15, 0.2) is 41.9 Å². The summed E-state index contributed by atoms with van der Waals surface area (Å²) in [6.45, 7) is 2.19. The summed E-state index contributed by atoms with van der Waals surface area (Å²) in [7, 11) is 1.54. The molecule has 2 aromatic rings. The molecule has 1 aliphatic rings. The number of ether oxygens (including phenoxy) is 2. The van der Waals surface area contributed by atoms with E-state index in [1.54, 1.807) is 36.9 Å². The molecule has 2 heterocycles. The fourth-order valence-electron chi connectivity index (χ4n) is 2.72. The number of rotatable bonds is 5. The van der Waals surface area contributed by atoms with Gasteiger partial charge in [-0.3, -0.25) is 0 Å². The average Bonchev–Trinajstić information content (AvgIpc) is 3.02. The first-order valence-corrected chi connectivity index (χ1v) is 7.50. The number of esters is 1. The van der Waals surface area contributed by atoms with Gasteiger partial charge in [0.1, 0.15) is 18.1 Å². The van der Waals surface area contributed by atoms with E-state index >= 15 is 0 Å². The summed E-state index contributed by atoms with van der Waals surface area (Å²) < 4.78 is 12.0. The second-order valence-electron chi connectivity index (χ2n) is 5.20. The van der Waals surface area contributed by atoms with Crippen LogP contribution in [0.2, 0.25) is 0 Å². The third kappa shape index (κ3) is 2.83. The number of nitrogens with one attached hydrogen (secondary N) is 1. The van der Waals surface area contributed by atoms with Gasteiger partial charge >= 0.3 is 5.97 Å². The molecular weight excluding hydrogens is 312 g/mol. The van der Waals surface area contributed by atoms with Crippen LogP contribution in [0, 0.1) is 0 Å². The Morgan fingerprint density at radius 3 is 3.00 bits per heavy atom. The molecule has 0 aliphatic carbocycles. The van der Waals surface area contributed by atoms with Crippen LogP contribution in [-0.2, 0) is 14.3 Å². The standard InChI is InChI=1S/C16H18N4O4/c1-3-24-15(22)13-12(8-23-2)19-16-17-9-18-20(16)14(13)10-5-4-6-11(21)7-10/h4-7,9,14,21H,3,8H2,1-2H3,(H,17,18,19).